The molecule has 0 fully saturated rings. The molecule has 1 aromatic carbocycles. The molecule has 3 rings (SSSR count). The Hall–Kier alpha value is -2.42. The molecule has 0 atom stereocenters. The Morgan fingerprint density at radius 2 is 1.96 bits per heavy atom. The summed E-state index contributed by atoms with van der Waals surface area (Å²) in [5.74, 6) is 0.185. The molecule has 0 radical (unpaired) electrons. The third kappa shape index (κ3) is 4.56. The molecule has 2 N–H and O–H groups in total. The first-order valence-corrected chi connectivity index (χ1v) is 9.83. The van der Waals surface area contributed by atoms with Crippen molar-refractivity contribution in [3.63, 3.8) is 0 Å². The van der Waals surface area contributed by atoms with E-state index in [2.05, 4.69) is 10.0 Å². The Kier molecular flexibility index (Phi) is 5.32. The SMILES string of the molecule is O=C(NCc1cccs1)c1cccc(S(=O)(=O)NCc2ccco2)c1. The van der Waals surface area contributed by atoms with E-state index in [-0.39, 0.29) is 22.9 Å². The summed E-state index contributed by atoms with van der Waals surface area (Å²) < 4.78 is 32.3. The highest BCUT2D eigenvalue weighted by Gasteiger charge is 2.16. The third-order valence-electron chi connectivity index (χ3n) is 3.43. The Balaban J connectivity index is 1.68. The van der Waals surface area contributed by atoms with Gasteiger partial charge in [-0.25, -0.2) is 13.1 Å². The first-order chi connectivity index (χ1) is 12.0. The Morgan fingerprint density at radius 3 is 2.68 bits per heavy atom. The summed E-state index contributed by atoms with van der Waals surface area (Å²) >= 11 is 1.54. The van der Waals surface area contributed by atoms with Crippen molar-refractivity contribution in [3.8, 4) is 0 Å². The Bertz CT molecular complexity index is 933. The Morgan fingerprint density at radius 1 is 1.08 bits per heavy atom. The number of furan rings is 1. The van der Waals surface area contributed by atoms with Gasteiger partial charge in [-0.05, 0) is 41.8 Å². The summed E-state index contributed by atoms with van der Waals surface area (Å²) in [6, 6.07) is 13.1. The molecule has 2 aromatic heterocycles. The lowest BCUT2D eigenvalue weighted by Gasteiger charge is -2.08. The minimum absolute atomic E-state index is 0.0304. The molecule has 0 spiro atoms. The highest BCUT2D eigenvalue weighted by atomic mass is 32.2. The molecule has 8 heteroatoms. The topological polar surface area (TPSA) is 88.4 Å². The van der Waals surface area contributed by atoms with Gasteiger partial charge in [0.25, 0.3) is 5.91 Å². The zero-order valence-electron chi connectivity index (χ0n) is 13.1. The van der Waals surface area contributed by atoms with Crippen LogP contribution < -0.4 is 10.0 Å². The second kappa shape index (κ2) is 7.64. The van der Waals surface area contributed by atoms with E-state index in [1.54, 1.807) is 35.6 Å². The summed E-state index contributed by atoms with van der Waals surface area (Å²) in [5.41, 5.74) is 0.289. The van der Waals surface area contributed by atoms with Crippen LogP contribution in [0.25, 0.3) is 0 Å². The number of benzene rings is 1. The van der Waals surface area contributed by atoms with Gasteiger partial charge >= 0.3 is 0 Å². The van der Waals surface area contributed by atoms with E-state index in [4.69, 9.17) is 4.42 Å². The van der Waals surface area contributed by atoms with Crippen molar-refractivity contribution in [1.82, 2.24) is 10.0 Å². The summed E-state index contributed by atoms with van der Waals surface area (Å²) in [5, 5.41) is 4.71. The van der Waals surface area contributed by atoms with E-state index in [0.29, 0.717) is 12.3 Å². The van der Waals surface area contributed by atoms with Crippen molar-refractivity contribution in [1.29, 1.82) is 0 Å². The monoisotopic (exact) mass is 376 g/mol. The van der Waals surface area contributed by atoms with Crippen molar-refractivity contribution in [2.45, 2.75) is 18.0 Å². The molecule has 0 unspecified atom stereocenters. The lowest BCUT2D eigenvalue weighted by Crippen LogP contribution is -2.25. The second-order valence-electron chi connectivity index (χ2n) is 5.19. The van der Waals surface area contributed by atoms with E-state index < -0.39 is 10.0 Å². The molecule has 0 aliphatic heterocycles. The molecular formula is C17H16N2O4S2. The molecule has 2 heterocycles. The molecular weight excluding hydrogens is 360 g/mol. The lowest BCUT2D eigenvalue weighted by atomic mass is 10.2. The summed E-state index contributed by atoms with van der Waals surface area (Å²) in [6.07, 6.45) is 1.47. The molecule has 1 amide bonds. The molecule has 0 aliphatic carbocycles. The largest absolute Gasteiger partial charge is 0.468 e. The van der Waals surface area contributed by atoms with Crippen LogP contribution in [0.4, 0.5) is 0 Å². The van der Waals surface area contributed by atoms with Crippen LogP contribution in [0.3, 0.4) is 0 Å². The van der Waals surface area contributed by atoms with Gasteiger partial charge in [0.15, 0.2) is 0 Å². The molecule has 0 saturated carbocycles. The molecule has 25 heavy (non-hydrogen) atoms. The quantitative estimate of drug-likeness (QED) is 0.664. The van der Waals surface area contributed by atoms with Crippen LogP contribution in [0.2, 0.25) is 0 Å². The molecule has 0 bridgehead atoms. The van der Waals surface area contributed by atoms with Crippen LogP contribution in [0.5, 0.6) is 0 Å². The summed E-state index contributed by atoms with van der Waals surface area (Å²) in [7, 11) is -3.74. The van der Waals surface area contributed by atoms with Crippen molar-refractivity contribution >= 4 is 27.3 Å². The van der Waals surface area contributed by atoms with E-state index in [9.17, 15) is 13.2 Å². The van der Waals surface area contributed by atoms with E-state index in [0.717, 1.165) is 4.88 Å². The zero-order valence-corrected chi connectivity index (χ0v) is 14.8. The minimum Gasteiger partial charge on any atom is -0.468 e. The molecule has 6 nitrogen and oxygen atoms in total. The van der Waals surface area contributed by atoms with Gasteiger partial charge in [-0.2, -0.15) is 0 Å². The third-order valence-corrected chi connectivity index (χ3v) is 5.70. The number of hydrogen-bond donors (Lipinski definition) is 2. The average molecular weight is 376 g/mol. The first kappa shape index (κ1) is 17.4. The van der Waals surface area contributed by atoms with Crippen LogP contribution in [-0.4, -0.2) is 14.3 Å². The molecule has 130 valence electrons. The van der Waals surface area contributed by atoms with Gasteiger partial charge in [-0.1, -0.05) is 12.1 Å². The van der Waals surface area contributed by atoms with Crippen LogP contribution in [0.1, 0.15) is 21.0 Å². The fraction of sp³-hybridized carbons (Fsp3) is 0.118. The number of carbonyl (C=O) groups is 1. The van der Waals surface area contributed by atoms with E-state index in [1.165, 1.54) is 18.4 Å². The molecule has 3 aromatic rings. The van der Waals surface area contributed by atoms with Gasteiger partial charge in [0, 0.05) is 10.4 Å². The molecule has 0 saturated heterocycles. The minimum atomic E-state index is -3.74. The second-order valence-corrected chi connectivity index (χ2v) is 7.99. The number of thiophene rings is 1. The normalized spacial score (nSPS) is 11.4. The number of carbonyl (C=O) groups excluding carboxylic acids is 1. The number of sulfonamides is 1. The first-order valence-electron chi connectivity index (χ1n) is 7.47. The van der Waals surface area contributed by atoms with Gasteiger partial charge in [-0.15, -0.1) is 11.3 Å². The van der Waals surface area contributed by atoms with Gasteiger partial charge in [0.05, 0.1) is 24.2 Å². The summed E-state index contributed by atoms with van der Waals surface area (Å²) in [4.78, 5) is 13.3. The van der Waals surface area contributed by atoms with Gasteiger partial charge in [-0.3, -0.25) is 4.79 Å². The standard InChI is InChI=1S/C17H16N2O4S2/c20-17(18-12-15-6-3-9-24-15)13-4-1-7-16(10-13)25(21,22)19-11-14-5-2-8-23-14/h1-10,19H,11-12H2,(H,18,20). The smallest absolute Gasteiger partial charge is 0.251 e. The predicted molar refractivity (Wildman–Crippen MR) is 94.7 cm³/mol. The fourth-order valence-electron chi connectivity index (χ4n) is 2.15. The van der Waals surface area contributed by atoms with E-state index in [1.807, 2.05) is 17.5 Å². The lowest BCUT2D eigenvalue weighted by molar-refractivity contribution is 0.0951. The van der Waals surface area contributed by atoms with Crippen molar-refractivity contribution in [3.05, 3.63) is 76.4 Å². The average Bonchev–Trinajstić information content (AvgIpc) is 3.31. The summed E-state index contributed by atoms with van der Waals surface area (Å²) in [6.45, 7) is 0.453. The van der Waals surface area contributed by atoms with Crippen LogP contribution in [-0.2, 0) is 23.1 Å². The number of rotatable bonds is 7. The molecule has 0 aliphatic rings. The highest BCUT2D eigenvalue weighted by molar-refractivity contribution is 7.89. The maximum absolute atomic E-state index is 12.4. The van der Waals surface area contributed by atoms with Gasteiger partial charge in [0.2, 0.25) is 10.0 Å². The van der Waals surface area contributed by atoms with Crippen LogP contribution in [0, 0.1) is 0 Å². The number of nitrogens with one attached hydrogen (secondary N) is 2. The van der Waals surface area contributed by atoms with Gasteiger partial charge in [0.1, 0.15) is 5.76 Å². The van der Waals surface area contributed by atoms with Crippen LogP contribution >= 0.6 is 11.3 Å². The fourth-order valence-corrected chi connectivity index (χ4v) is 3.83. The van der Waals surface area contributed by atoms with E-state index >= 15 is 0 Å². The van der Waals surface area contributed by atoms with Crippen molar-refractivity contribution < 1.29 is 17.6 Å². The predicted octanol–water partition coefficient (Wildman–Crippen LogP) is 2.75. The number of amides is 1. The maximum atomic E-state index is 12.4. The van der Waals surface area contributed by atoms with Crippen molar-refractivity contribution in [2.75, 3.05) is 0 Å². The van der Waals surface area contributed by atoms with Gasteiger partial charge < -0.3 is 9.73 Å². The Labute approximate surface area is 149 Å². The highest BCUT2D eigenvalue weighted by Crippen LogP contribution is 2.13. The van der Waals surface area contributed by atoms with Crippen molar-refractivity contribution in [2.24, 2.45) is 0 Å². The number of hydrogen-bond acceptors (Lipinski definition) is 5. The maximum Gasteiger partial charge on any atom is 0.251 e. The van der Waals surface area contributed by atoms with Crippen LogP contribution in [0.15, 0.2) is 69.5 Å². The zero-order chi connectivity index (χ0) is 17.7.